The molecular weight excluding hydrogens is 412 g/mol. The molecule has 2 N–H and O–H groups in total. The van der Waals surface area contributed by atoms with Crippen LogP contribution >= 0.6 is 0 Å². The molecule has 0 atom stereocenters. The van der Waals surface area contributed by atoms with Crippen molar-refractivity contribution in [2.24, 2.45) is 0 Å². The Morgan fingerprint density at radius 2 is 1.65 bits per heavy atom. The largest absolute Gasteiger partial charge is 0.492 e. The van der Waals surface area contributed by atoms with Gasteiger partial charge in [-0.3, -0.25) is 9.52 Å². The lowest BCUT2D eigenvalue weighted by Gasteiger charge is -2.15. The first-order valence-electron chi connectivity index (χ1n) is 10.1. The fourth-order valence-corrected chi connectivity index (χ4v) is 4.07. The Kier molecular flexibility index (Phi) is 6.97. The zero-order chi connectivity index (χ0) is 22.4. The number of rotatable bonds is 8. The predicted molar refractivity (Wildman–Crippen MR) is 123 cm³/mol. The summed E-state index contributed by atoms with van der Waals surface area (Å²) >= 11 is 0. The van der Waals surface area contributed by atoms with Crippen molar-refractivity contribution in [2.75, 3.05) is 16.6 Å². The fourth-order valence-electron chi connectivity index (χ4n) is 2.99. The van der Waals surface area contributed by atoms with Gasteiger partial charge in [-0.25, -0.2) is 8.42 Å². The minimum Gasteiger partial charge on any atom is -0.492 e. The highest BCUT2D eigenvalue weighted by atomic mass is 32.2. The minimum atomic E-state index is -3.86. The lowest BCUT2D eigenvalue weighted by atomic mass is 10.0. The van der Waals surface area contributed by atoms with Gasteiger partial charge in [0.25, 0.3) is 15.9 Å². The van der Waals surface area contributed by atoms with E-state index in [0.29, 0.717) is 29.5 Å². The maximum Gasteiger partial charge on any atom is 0.261 e. The van der Waals surface area contributed by atoms with Gasteiger partial charge in [0, 0.05) is 11.3 Å². The Morgan fingerprint density at radius 1 is 0.968 bits per heavy atom. The summed E-state index contributed by atoms with van der Waals surface area (Å²) in [6.07, 6.45) is 0. The van der Waals surface area contributed by atoms with Gasteiger partial charge in [0.05, 0.1) is 17.2 Å². The lowest BCUT2D eigenvalue weighted by Crippen LogP contribution is -2.16. The molecule has 0 fully saturated rings. The topological polar surface area (TPSA) is 84.5 Å². The highest BCUT2D eigenvalue weighted by molar-refractivity contribution is 7.92. The van der Waals surface area contributed by atoms with Crippen LogP contribution in [0.15, 0.2) is 77.7 Å². The van der Waals surface area contributed by atoms with Crippen molar-refractivity contribution in [1.29, 1.82) is 0 Å². The Morgan fingerprint density at radius 3 is 2.26 bits per heavy atom. The van der Waals surface area contributed by atoms with Gasteiger partial charge in [-0.05, 0) is 60.9 Å². The molecule has 0 spiro atoms. The van der Waals surface area contributed by atoms with Gasteiger partial charge in [0.1, 0.15) is 5.75 Å². The van der Waals surface area contributed by atoms with Crippen LogP contribution in [0, 0.1) is 0 Å². The number of amides is 1. The molecule has 3 rings (SSSR count). The van der Waals surface area contributed by atoms with Crippen molar-refractivity contribution in [2.45, 2.75) is 31.6 Å². The second-order valence-corrected chi connectivity index (χ2v) is 8.98. The molecule has 0 saturated carbocycles. The molecule has 0 saturated heterocycles. The molecule has 0 aliphatic heterocycles. The summed E-state index contributed by atoms with van der Waals surface area (Å²) < 4.78 is 34.0. The number of sulfonamides is 1. The second-order valence-electron chi connectivity index (χ2n) is 7.29. The molecule has 162 valence electrons. The number of anilines is 2. The van der Waals surface area contributed by atoms with E-state index < -0.39 is 10.0 Å². The first-order valence-corrected chi connectivity index (χ1v) is 11.5. The van der Waals surface area contributed by atoms with E-state index in [9.17, 15) is 13.2 Å². The normalized spacial score (nSPS) is 11.2. The quantitative estimate of drug-likeness (QED) is 0.502. The third kappa shape index (κ3) is 5.64. The fraction of sp³-hybridized carbons (Fsp3) is 0.208. The first-order chi connectivity index (χ1) is 14.8. The van der Waals surface area contributed by atoms with Crippen LogP contribution in [0.4, 0.5) is 11.4 Å². The molecule has 0 radical (unpaired) electrons. The van der Waals surface area contributed by atoms with E-state index in [1.54, 1.807) is 42.5 Å². The van der Waals surface area contributed by atoms with Gasteiger partial charge in [-0.2, -0.15) is 0 Å². The Bertz CT molecular complexity index is 1140. The van der Waals surface area contributed by atoms with Crippen molar-refractivity contribution < 1.29 is 17.9 Å². The van der Waals surface area contributed by atoms with Crippen molar-refractivity contribution in [1.82, 2.24) is 0 Å². The van der Waals surface area contributed by atoms with E-state index in [1.807, 2.05) is 25.1 Å². The summed E-state index contributed by atoms with van der Waals surface area (Å²) in [5.41, 5.74) is 2.33. The van der Waals surface area contributed by atoms with Crippen LogP contribution in [-0.2, 0) is 10.0 Å². The number of hydrogen-bond donors (Lipinski definition) is 2. The molecule has 0 aliphatic carbocycles. The molecule has 3 aromatic rings. The molecule has 6 nitrogen and oxygen atoms in total. The van der Waals surface area contributed by atoms with Crippen molar-refractivity contribution in [3.63, 3.8) is 0 Å². The predicted octanol–water partition coefficient (Wildman–Crippen LogP) is 5.26. The summed E-state index contributed by atoms with van der Waals surface area (Å²) in [6.45, 7) is 6.34. The Hall–Kier alpha value is -3.32. The second kappa shape index (κ2) is 9.66. The van der Waals surface area contributed by atoms with Gasteiger partial charge in [-0.15, -0.1) is 0 Å². The van der Waals surface area contributed by atoms with E-state index in [1.165, 1.54) is 12.1 Å². The monoisotopic (exact) mass is 438 g/mol. The molecule has 31 heavy (non-hydrogen) atoms. The summed E-state index contributed by atoms with van der Waals surface area (Å²) in [4.78, 5) is 12.6. The number of carbonyl (C=O) groups excluding carboxylic acids is 1. The van der Waals surface area contributed by atoms with Gasteiger partial charge in [0.2, 0.25) is 0 Å². The van der Waals surface area contributed by atoms with Gasteiger partial charge in [-0.1, -0.05) is 44.2 Å². The van der Waals surface area contributed by atoms with Gasteiger partial charge in [0.15, 0.2) is 0 Å². The number of nitrogens with one attached hydrogen (secondary N) is 2. The van der Waals surface area contributed by atoms with E-state index in [2.05, 4.69) is 23.9 Å². The number of carbonyl (C=O) groups is 1. The van der Waals surface area contributed by atoms with Crippen LogP contribution < -0.4 is 14.8 Å². The first kappa shape index (κ1) is 22.4. The Labute approximate surface area is 183 Å². The highest BCUT2D eigenvalue weighted by Crippen LogP contribution is 2.29. The zero-order valence-corrected chi connectivity index (χ0v) is 18.6. The van der Waals surface area contributed by atoms with E-state index in [0.717, 1.165) is 5.56 Å². The molecule has 0 aliphatic rings. The average molecular weight is 439 g/mol. The third-order valence-electron chi connectivity index (χ3n) is 4.67. The van der Waals surface area contributed by atoms with E-state index in [-0.39, 0.29) is 16.5 Å². The van der Waals surface area contributed by atoms with Crippen LogP contribution in [0.25, 0.3) is 0 Å². The molecule has 3 aromatic carbocycles. The number of hydrogen-bond acceptors (Lipinski definition) is 4. The minimum absolute atomic E-state index is 0.0206. The zero-order valence-electron chi connectivity index (χ0n) is 17.8. The standard InChI is InChI=1S/C24H26N2O4S/c1-4-30-23-15-14-21(16-22(23)25-24(27)19-8-6-5-7-9-19)31(28,29)26-20-12-10-18(11-13-20)17(2)3/h5-17,26H,4H2,1-3H3,(H,25,27). The summed E-state index contributed by atoms with van der Waals surface area (Å²) in [5, 5.41) is 2.75. The molecule has 0 unspecified atom stereocenters. The Balaban J connectivity index is 1.88. The lowest BCUT2D eigenvalue weighted by molar-refractivity contribution is 0.102. The smallest absolute Gasteiger partial charge is 0.261 e. The van der Waals surface area contributed by atoms with E-state index >= 15 is 0 Å². The molecule has 7 heteroatoms. The summed E-state index contributed by atoms with van der Waals surface area (Å²) in [7, 11) is -3.86. The van der Waals surface area contributed by atoms with Crippen LogP contribution in [0.1, 0.15) is 42.6 Å². The van der Waals surface area contributed by atoms with Crippen LogP contribution in [0.3, 0.4) is 0 Å². The maximum absolute atomic E-state index is 12.9. The molecule has 1 amide bonds. The average Bonchev–Trinajstić information content (AvgIpc) is 2.75. The summed E-state index contributed by atoms with van der Waals surface area (Å²) in [5.74, 6) is 0.396. The molecular formula is C24H26N2O4S. The van der Waals surface area contributed by atoms with Gasteiger partial charge >= 0.3 is 0 Å². The van der Waals surface area contributed by atoms with Crippen molar-refractivity contribution >= 4 is 27.3 Å². The highest BCUT2D eigenvalue weighted by Gasteiger charge is 2.18. The van der Waals surface area contributed by atoms with Crippen LogP contribution in [0.5, 0.6) is 5.75 Å². The van der Waals surface area contributed by atoms with Crippen molar-refractivity contribution in [3.8, 4) is 5.75 Å². The third-order valence-corrected chi connectivity index (χ3v) is 6.05. The summed E-state index contributed by atoms with van der Waals surface area (Å²) in [6, 6.07) is 20.3. The SMILES string of the molecule is CCOc1ccc(S(=O)(=O)Nc2ccc(C(C)C)cc2)cc1NC(=O)c1ccccc1. The maximum atomic E-state index is 12.9. The number of benzene rings is 3. The van der Waals surface area contributed by atoms with E-state index in [4.69, 9.17) is 4.74 Å². The van der Waals surface area contributed by atoms with Crippen LogP contribution in [0.2, 0.25) is 0 Å². The van der Waals surface area contributed by atoms with Crippen LogP contribution in [-0.4, -0.2) is 20.9 Å². The number of ether oxygens (including phenoxy) is 1. The van der Waals surface area contributed by atoms with Crippen molar-refractivity contribution in [3.05, 3.63) is 83.9 Å². The molecule has 0 heterocycles. The van der Waals surface area contributed by atoms with Gasteiger partial charge < -0.3 is 10.1 Å². The molecule has 0 bridgehead atoms. The molecule has 0 aromatic heterocycles.